The summed E-state index contributed by atoms with van der Waals surface area (Å²) in [5, 5.41) is 9.33. The van der Waals surface area contributed by atoms with E-state index in [9.17, 15) is 5.11 Å². The molecule has 5 atom stereocenters. The molecule has 3 heterocycles. The third kappa shape index (κ3) is 0.441. The first-order chi connectivity index (χ1) is 4.86. The monoisotopic (exact) mass is 144 g/mol. The van der Waals surface area contributed by atoms with Gasteiger partial charge in [-0.25, -0.2) is 0 Å². The van der Waals surface area contributed by atoms with Crippen LogP contribution in [0.4, 0.5) is 0 Å². The van der Waals surface area contributed by atoms with Crippen LogP contribution < -0.4 is 0 Å². The van der Waals surface area contributed by atoms with Crippen LogP contribution in [0.15, 0.2) is 0 Å². The van der Waals surface area contributed by atoms with E-state index in [4.69, 9.17) is 14.2 Å². The summed E-state index contributed by atoms with van der Waals surface area (Å²) >= 11 is 0. The normalized spacial score (nSPS) is 63.9. The highest BCUT2D eigenvalue weighted by atomic mass is 16.8. The van der Waals surface area contributed by atoms with E-state index >= 15 is 0 Å². The van der Waals surface area contributed by atoms with Crippen LogP contribution in [-0.2, 0) is 14.2 Å². The number of hydrogen-bond donors (Lipinski definition) is 1. The number of aliphatic hydroxyl groups excluding tert-OH is 1. The van der Waals surface area contributed by atoms with Crippen LogP contribution >= 0.6 is 0 Å². The minimum atomic E-state index is -0.566. The number of hydrogen-bond acceptors (Lipinski definition) is 4. The quantitative estimate of drug-likeness (QED) is 0.467. The topological polar surface area (TPSA) is 47.9 Å². The largest absolute Gasteiger partial charge is 0.385 e. The minimum Gasteiger partial charge on any atom is -0.385 e. The fraction of sp³-hybridized carbons (Fsp3) is 1.00. The van der Waals surface area contributed by atoms with Gasteiger partial charge in [-0.3, -0.25) is 0 Å². The summed E-state index contributed by atoms with van der Waals surface area (Å²) in [5.41, 5.74) is 0. The molecular formula is C6H8O4. The van der Waals surface area contributed by atoms with Crippen molar-refractivity contribution in [2.45, 2.75) is 30.7 Å². The highest BCUT2D eigenvalue weighted by molar-refractivity contribution is 5.02. The first-order valence-corrected chi connectivity index (χ1v) is 3.47. The molecule has 3 aliphatic rings. The van der Waals surface area contributed by atoms with Crippen molar-refractivity contribution in [2.24, 2.45) is 0 Å². The first kappa shape index (κ1) is 5.49. The second-order valence-electron chi connectivity index (χ2n) is 2.93. The summed E-state index contributed by atoms with van der Waals surface area (Å²) in [7, 11) is 0. The van der Waals surface area contributed by atoms with Crippen LogP contribution in [0, 0.1) is 0 Å². The van der Waals surface area contributed by atoms with Crippen LogP contribution in [0.5, 0.6) is 0 Å². The van der Waals surface area contributed by atoms with E-state index in [1.807, 2.05) is 0 Å². The lowest BCUT2D eigenvalue weighted by molar-refractivity contribution is -0.104. The number of ether oxygens (including phenoxy) is 3. The van der Waals surface area contributed by atoms with Gasteiger partial charge in [-0.2, -0.15) is 0 Å². The Labute approximate surface area is 57.7 Å². The molecule has 0 radical (unpaired) electrons. The molecule has 0 spiro atoms. The number of fused-ring (bicyclic) bond motifs is 1. The van der Waals surface area contributed by atoms with Gasteiger partial charge in [-0.05, 0) is 0 Å². The van der Waals surface area contributed by atoms with Crippen molar-refractivity contribution in [3.63, 3.8) is 0 Å². The van der Waals surface area contributed by atoms with Gasteiger partial charge in [0.25, 0.3) is 0 Å². The Bertz CT molecular complexity index is 169. The van der Waals surface area contributed by atoms with E-state index in [2.05, 4.69) is 0 Å². The standard InChI is InChI=1S/C6H8O4/c7-3-5-4-2(1-8-5)9-6(3)10-4/h2-7H,1H2/t2-,3-,4-,5+,6?/m1/s1. The van der Waals surface area contributed by atoms with Gasteiger partial charge >= 0.3 is 0 Å². The Morgan fingerprint density at radius 2 is 2.10 bits per heavy atom. The van der Waals surface area contributed by atoms with E-state index in [1.165, 1.54) is 0 Å². The average molecular weight is 144 g/mol. The zero-order valence-corrected chi connectivity index (χ0v) is 5.27. The van der Waals surface area contributed by atoms with Gasteiger partial charge < -0.3 is 19.3 Å². The highest BCUT2D eigenvalue weighted by Gasteiger charge is 2.59. The Hall–Kier alpha value is -0.160. The molecule has 4 nitrogen and oxygen atoms in total. The summed E-state index contributed by atoms with van der Waals surface area (Å²) in [6.45, 7) is 0.572. The Kier molecular flexibility index (Phi) is 0.840. The van der Waals surface area contributed by atoms with Crippen LogP contribution in [0.2, 0.25) is 0 Å². The van der Waals surface area contributed by atoms with E-state index in [-0.39, 0.29) is 18.3 Å². The van der Waals surface area contributed by atoms with Crippen molar-refractivity contribution in [1.82, 2.24) is 0 Å². The fourth-order valence-electron chi connectivity index (χ4n) is 1.86. The predicted octanol–water partition coefficient (Wildman–Crippen LogP) is -1.13. The molecule has 0 saturated carbocycles. The molecule has 0 amide bonds. The van der Waals surface area contributed by atoms with Crippen molar-refractivity contribution in [3.05, 3.63) is 0 Å². The Morgan fingerprint density at radius 3 is 2.80 bits per heavy atom. The van der Waals surface area contributed by atoms with Gasteiger partial charge in [-0.1, -0.05) is 0 Å². The summed E-state index contributed by atoms with van der Waals surface area (Å²) in [6.07, 6.45) is -1.02. The zero-order chi connectivity index (χ0) is 6.72. The Morgan fingerprint density at radius 1 is 1.20 bits per heavy atom. The molecule has 10 heavy (non-hydrogen) atoms. The second-order valence-corrected chi connectivity index (χ2v) is 2.93. The maximum atomic E-state index is 9.33. The molecule has 2 bridgehead atoms. The SMILES string of the molecule is O[C@H]1C2O[C@H]3[C@H]1OC[C@H]3O2. The van der Waals surface area contributed by atoms with Crippen LogP contribution in [0.25, 0.3) is 0 Å². The van der Waals surface area contributed by atoms with Crippen molar-refractivity contribution < 1.29 is 19.3 Å². The lowest BCUT2D eigenvalue weighted by atomic mass is 10.1. The molecular weight excluding hydrogens is 136 g/mol. The predicted molar refractivity (Wildman–Crippen MR) is 29.3 cm³/mol. The van der Waals surface area contributed by atoms with Crippen molar-refractivity contribution in [3.8, 4) is 0 Å². The van der Waals surface area contributed by atoms with Gasteiger partial charge in [0.05, 0.1) is 6.61 Å². The first-order valence-electron chi connectivity index (χ1n) is 3.47. The molecule has 4 heteroatoms. The van der Waals surface area contributed by atoms with Gasteiger partial charge in [0.15, 0.2) is 6.29 Å². The second kappa shape index (κ2) is 1.53. The molecule has 3 rings (SSSR count). The molecule has 0 aromatic heterocycles. The summed E-state index contributed by atoms with van der Waals surface area (Å²) in [4.78, 5) is 0. The molecule has 56 valence electrons. The maximum Gasteiger partial charge on any atom is 0.187 e. The smallest absolute Gasteiger partial charge is 0.187 e. The average Bonchev–Trinajstić information content (AvgIpc) is 2.43. The van der Waals surface area contributed by atoms with E-state index in [1.54, 1.807) is 0 Å². The molecule has 0 aromatic rings. The van der Waals surface area contributed by atoms with Crippen LogP contribution in [0.3, 0.4) is 0 Å². The summed E-state index contributed by atoms with van der Waals surface area (Å²) in [5.74, 6) is 0. The maximum absolute atomic E-state index is 9.33. The molecule has 3 fully saturated rings. The highest BCUT2D eigenvalue weighted by Crippen LogP contribution is 2.40. The Balaban J connectivity index is 2.00. The molecule has 1 unspecified atom stereocenters. The third-order valence-electron chi connectivity index (χ3n) is 2.36. The molecule has 1 N–H and O–H groups in total. The van der Waals surface area contributed by atoms with Gasteiger partial charge in [0.2, 0.25) is 0 Å². The fourth-order valence-corrected chi connectivity index (χ4v) is 1.86. The van der Waals surface area contributed by atoms with E-state index < -0.39 is 12.4 Å². The third-order valence-corrected chi connectivity index (χ3v) is 2.36. The van der Waals surface area contributed by atoms with Crippen molar-refractivity contribution in [2.75, 3.05) is 6.61 Å². The zero-order valence-electron chi connectivity index (χ0n) is 5.27. The summed E-state index contributed by atoms with van der Waals surface area (Å²) < 4.78 is 15.8. The molecule has 0 aromatic carbocycles. The van der Waals surface area contributed by atoms with Crippen molar-refractivity contribution >= 4 is 0 Å². The number of aliphatic hydroxyl groups is 1. The minimum absolute atomic E-state index is 0.000000000000000222. The van der Waals surface area contributed by atoms with Gasteiger partial charge in [-0.15, -0.1) is 0 Å². The lowest BCUT2D eigenvalue weighted by Crippen LogP contribution is -2.39. The molecule has 3 saturated heterocycles. The lowest BCUT2D eigenvalue weighted by Gasteiger charge is -2.17. The number of rotatable bonds is 0. The van der Waals surface area contributed by atoms with E-state index in [0.29, 0.717) is 6.61 Å². The van der Waals surface area contributed by atoms with Crippen LogP contribution in [-0.4, -0.2) is 42.4 Å². The van der Waals surface area contributed by atoms with Crippen LogP contribution in [0.1, 0.15) is 0 Å². The molecule has 3 aliphatic heterocycles. The van der Waals surface area contributed by atoms with E-state index in [0.717, 1.165) is 0 Å². The van der Waals surface area contributed by atoms with Crippen molar-refractivity contribution in [1.29, 1.82) is 0 Å². The molecule has 0 aliphatic carbocycles. The van der Waals surface area contributed by atoms with Gasteiger partial charge in [0.1, 0.15) is 24.4 Å². The van der Waals surface area contributed by atoms with Gasteiger partial charge in [0, 0.05) is 0 Å². The summed E-state index contributed by atoms with van der Waals surface area (Å²) in [6, 6.07) is 0.